The van der Waals surface area contributed by atoms with E-state index in [0.29, 0.717) is 19.5 Å². The lowest BCUT2D eigenvalue weighted by atomic mass is 9.72. The summed E-state index contributed by atoms with van der Waals surface area (Å²) in [5, 5.41) is 12.3. The molecule has 1 aromatic carbocycles. The van der Waals surface area contributed by atoms with Gasteiger partial charge >= 0.3 is 0 Å². The molecule has 138 valence electrons. The van der Waals surface area contributed by atoms with Crippen molar-refractivity contribution in [3.05, 3.63) is 35.9 Å². The van der Waals surface area contributed by atoms with Gasteiger partial charge in [-0.25, -0.2) is 5.48 Å². The molecule has 0 aliphatic carbocycles. The number of benzene rings is 1. The highest BCUT2D eigenvalue weighted by Crippen LogP contribution is 2.44. The first-order valence-electron chi connectivity index (χ1n) is 8.62. The molecule has 0 bridgehead atoms. The molecule has 1 atom stereocenters. The van der Waals surface area contributed by atoms with Crippen molar-refractivity contribution in [1.82, 2.24) is 15.7 Å². The Hall–Kier alpha value is -1.92. The van der Waals surface area contributed by atoms with Crippen molar-refractivity contribution in [3.63, 3.8) is 0 Å². The fraction of sp³-hybridized carbons (Fsp3) is 0.579. The number of carbonyl (C=O) groups excluding carboxylic acids is 2. The van der Waals surface area contributed by atoms with Crippen LogP contribution in [0.4, 0.5) is 0 Å². The number of amides is 2. The Morgan fingerprint density at radius 2 is 1.84 bits per heavy atom. The van der Waals surface area contributed by atoms with Gasteiger partial charge in [0.2, 0.25) is 5.91 Å². The van der Waals surface area contributed by atoms with E-state index in [0.717, 1.165) is 5.56 Å². The Morgan fingerprint density at radius 1 is 1.24 bits per heavy atom. The van der Waals surface area contributed by atoms with Crippen molar-refractivity contribution in [2.75, 3.05) is 20.1 Å². The van der Waals surface area contributed by atoms with E-state index in [1.807, 2.05) is 51.2 Å². The van der Waals surface area contributed by atoms with Crippen molar-refractivity contribution >= 4 is 11.8 Å². The Kier molecular flexibility index (Phi) is 5.25. The first kappa shape index (κ1) is 19.4. The highest BCUT2D eigenvalue weighted by atomic mass is 16.5. The summed E-state index contributed by atoms with van der Waals surface area (Å²) in [7, 11) is 1.84. The Labute approximate surface area is 149 Å². The summed E-state index contributed by atoms with van der Waals surface area (Å²) >= 11 is 0. The second-order valence-electron chi connectivity index (χ2n) is 7.81. The van der Waals surface area contributed by atoms with Gasteiger partial charge in [-0.05, 0) is 46.7 Å². The molecule has 1 aliphatic heterocycles. The summed E-state index contributed by atoms with van der Waals surface area (Å²) in [5.74, 6) is -0.493. The van der Waals surface area contributed by atoms with E-state index in [-0.39, 0.29) is 5.91 Å². The Bertz CT molecular complexity index is 643. The van der Waals surface area contributed by atoms with E-state index >= 15 is 0 Å². The molecule has 3 N–H and O–H groups in total. The van der Waals surface area contributed by atoms with Crippen LogP contribution in [0, 0.1) is 5.41 Å². The van der Waals surface area contributed by atoms with Crippen LogP contribution in [0.25, 0.3) is 0 Å². The molecule has 2 amide bonds. The molecule has 6 nitrogen and oxygen atoms in total. The van der Waals surface area contributed by atoms with Crippen LogP contribution < -0.4 is 10.8 Å². The van der Waals surface area contributed by atoms with E-state index in [4.69, 9.17) is 5.21 Å². The topological polar surface area (TPSA) is 81.7 Å². The van der Waals surface area contributed by atoms with Gasteiger partial charge in [0.15, 0.2) is 0 Å². The fourth-order valence-electron chi connectivity index (χ4n) is 3.65. The maximum atomic E-state index is 13.5. The van der Waals surface area contributed by atoms with Crippen molar-refractivity contribution in [1.29, 1.82) is 0 Å². The van der Waals surface area contributed by atoms with Crippen molar-refractivity contribution in [2.24, 2.45) is 5.41 Å². The lowest BCUT2D eigenvalue weighted by molar-refractivity contribution is -0.152. The lowest BCUT2D eigenvalue weighted by Gasteiger charge is -2.47. The SMILES string of the molecule is CNCC1(c2ccccc2)CCN(C(C)(C)C(C)(C)C(=O)NO)C1=O. The zero-order chi connectivity index (χ0) is 18.9. The van der Waals surface area contributed by atoms with Crippen LogP contribution in [-0.2, 0) is 15.0 Å². The summed E-state index contributed by atoms with van der Waals surface area (Å²) in [6, 6.07) is 9.79. The Balaban J connectivity index is 2.44. The Morgan fingerprint density at radius 3 is 2.36 bits per heavy atom. The fourth-order valence-corrected chi connectivity index (χ4v) is 3.65. The standard InChI is InChI=1S/C19H29N3O3/c1-17(2,15(23)21-25)18(3,4)22-12-11-19(13-20-5,16(22)24)14-9-7-6-8-10-14/h6-10,20,25H,11-13H2,1-5H3,(H,21,23). The molecule has 1 aliphatic rings. The number of hydroxylamine groups is 1. The minimum Gasteiger partial charge on any atom is -0.336 e. The zero-order valence-electron chi connectivity index (χ0n) is 15.7. The van der Waals surface area contributed by atoms with Crippen LogP contribution in [0.5, 0.6) is 0 Å². The van der Waals surface area contributed by atoms with E-state index in [1.54, 1.807) is 24.2 Å². The van der Waals surface area contributed by atoms with Crippen LogP contribution in [0.1, 0.15) is 39.7 Å². The molecular weight excluding hydrogens is 318 g/mol. The number of carbonyl (C=O) groups is 2. The minimum atomic E-state index is -0.955. The molecule has 0 saturated carbocycles. The molecule has 2 rings (SSSR count). The highest BCUT2D eigenvalue weighted by molar-refractivity contribution is 5.92. The third-order valence-electron chi connectivity index (χ3n) is 6.10. The molecule has 0 radical (unpaired) electrons. The van der Waals surface area contributed by atoms with Gasteiger partial charge in [0, 0.05) is 13.1 Å². The van der Waals surface area contributed by atoms with Gasteiger partial charge in [-0.1, -0.05) is 30.3 Å². The van der Waals surface area contributed by atoms with Gasteiger partial charge in [-0.2, -0.15) is 0 Å². The van der Waals surface area contributed by atoms with Gasteiger partial charge in [0.1, 0.15) is 0 Å². The molecule has 1 saturated heterocycles. The van der Waals surface area contributed by atoms with Crippen LogP contribution in [0.3, 0.4) is 0 Å². The van der Waals surface area contributed by atoms with Gasteiger partial charge in [0.25, 0.3) is 5.91 Å². The van der Waals surface area contributed by atoms with Crippen LogP contribution in [0.2, 0.25) is 0 Å². The number of rotatable bonds is 6. The second kappa shape index (κ2) is 6.77. The molecule has 6 heteroatoms. The third-order valence-corrected chi connectivity index (χ3v) is 6.10. The van der Waals surface area contributed by atoms with Crippen LogP contribution in [0.15, 0.2) is 30.3 Å². The number of likely N-dealkylation sites (tertiary alicyclic amines) is 1. The summed E-state index contributed by atoms with van der Waals surface area (Å²) < 4.78 is 0. The quantitative estimate of drug-likeness (QED) is 0.540. The summed E-state index contributed by atoms with van der Waals surface area (Å²) in [6.07, 6.45) is 0.678. The monoisotopic (exact) mass is 347 g/mol. The summed E-state index contributed by atoms with van der Waals surface area (Å²) in [5.41, 5.74) is 0.364. The summed E-state index contributed by atoms with van der Waals surface area (Å²) in [6.45, 7) is 8.33. The normalized spacial score (nSPS) is 21.5. The minimum absolute atomic E-state index is 0.0110. The molecule has 1 fully saturated rings. The van der Waals surface area contributed by atoms with Gasteiger partial charge < -0.3 is 10.2 Å². The zero-order valence-corrected chi connectivity index (χ0v) is 15.7. The largest absolute Gasteiger partial charge is 0.336 e. The van der Waals surface area contributed by atoms with Gasteiger partial charge in [0.05, 0.1) is 16.4 Å². The maximum Gasteiger partial charge on any atom is 0.251 e. The molecule has 1 aromatic rings. The number of likely N-dealkylation sites (N-methyl/N-ethyl adjacent to an activating group) is 1. The first-order valence-corrected chi connectivity index (χ1v) is 8.62. The summed E-state index contributed by atoms with van der Waals surface area (Å²) in [4.78, 5) is 27.5. The van der Waals surface area contributed by atoms with Gasteiger partial charge in [-0.15, -0.1) is 0 Å². The molecular formula is C19H29N3O3. The maximum absolute atomic E-state index is 13.5. The molecule has 1 heterocycles. The average Bonchev–Trinajstić information content (AvgIpc) is 2.93. The first-order chi connectivity index (χ1) is 11.6. The van der Waals surface area contributed by atoms with E-state index < -0.39 is 22.3 Å². The number of nitrogens with zero attached hydrogens (tertiary/aromatic N) is 1. The van der Waals surface area contributed by atoms with E-state index in [2.05, 4.69) is 5.32 Å². The van der Waals surface area contributed by atoms with Crippen LogP contribution >= 0.6 is 0 Å². The molecule has 0 aromatic heterocycles. The molecule has 1 unspecified atom stereocenters. The average molecular weight is 347 g/mol. The molecule has 25 heavy (non-hydrogen) atoms. The van der Waals surface area contributed by atoms with Crippen molar-refractivity contribution in [3.8, 4) is 0 Å². The van der Waals surface area contributed by atoms with Crippen molar-refractivity contribution < 1.29 is 14.8 Å². The lowest BCUT2D eigenvalue weighted by Crippen LogP contribution is -2.61. The number of hydrogen-bond acceptors (Lipinski definition) is 4. The predicted molar refractivity (Wildman–Crippen MR) is 96.2 cm³/mol. The highest BCUT2D eigenvalue weighted by Gasteiger charge is 2.56. The predicted octanol–water partition coefficient (Wildman–Crippen LogP) is 1.69. The molecule has 0 spiro atoms. The van der Waals surface area contributed by atoms with Crippen LogP contribution in [-0.4, -0.2) is 47.6 Å². The van der Waals surface area contributed by atoms with Crippen molar-refractivity contribution in [2.45, 2.75) is 45.1 Å². The van der Waals surface area contributed by atoms with E-state index in [1.165, 1.54) is 0 Å². The van der Waals surface area contributed by atoms with E-state index in [9.17, 15) is 9.59 Å². The smallest absolute Gasteiger partial charge is 0.251 e. The number of nitrogens with one attached hydrogen (secondary N) is 2. The van der Waals surface area contributed by atoms with Gasteiger partial charge in [-0.3, -0.25) is 14.8 Å². The number of hydrogen-bond donors (Lipinski definition) is 3. The second-order valence-corrected chi connectivity index (χ2v) is 7.81. The third kappa shape index (κ3) is 2.93.